The minimum Gasteiger partial charge on any atom is -0.265 e. The molecule has 1 heterocycles. The van der Waals surface area contributed by atoms with Gasteiger partial charge in [-0.1, -0.05) is 55.8 Å². The minimum absolute atomic E-state index is 0.140. The number of rotatable bonds is 5. The molecule has 1 aliphatic carbocycles. The quantitative estimate of drug-likeness (QED) is 0.546. The first-order valence-corrected chi connectivity index (χ1v) is 12.7. The van der Waals surface area contributed by atoms with E-state index in [9.17, 15) is 8.42 Å². The normalized spacial score (nSPS) is 22.9. The van der Waals surface area contributed by atoms with Crippen molar-refractivity contribution in [1.82, 2.24) is 4.31 Å². The first kappa shape index (κ1) is 23.0. The van der Waals surface area contributed by atoms with E-state index in [1.165, 1.54) is 17.4 Å². The van der Waals surface area contributed by atoms with E-state index in [1.54, 1.807) is 10.4 Å². The molecule has 162 valence electrons. The Hall–Kier alpha value is -1.69. The van der Waals surface area contributed by atoms with E-state index in [-0.39, 0.29) is 5.92 Å². The van der Waals surface area contributed by atoms with Crippen molar-refractivity contribution >= 4 is 33.4 Å². The van der Waals surface area contributed by atoms with E-state index in [1.807, 2.05) is 24.4 Å². The van der Waals surface area contributed by atoms with Gasteiger partial charge in [-0.25, -0.2) is 12.7 Å². The zero-order chi connectivity index (χ0) is 21.9. The Balaban J connectivity index is 2.05. The molecule has 0 radical (unpaired) electrons. The van der Waals surface area contributed by atoms with Gasteiger partial charge in [0.15, 0.2) is 0 Å². The third-order valence-electron chi connectivity index (χ3n) is 6.11. The summed E-state index contributed by atoms with van der Waals surface area (Å²) in [6, 6.07) is 6.11. The SMILES string of the molecule is C=C/C=C\N=C1CC(C(C)C)=Cc2cc(Cl)ccc2C1C1CCN(S(C)(=O)=O)CC1. The molecule has 1 aliphatic heterocycles. The molecular weight excluding hydrogens is 416 g/mol. The highest BCUT2D eigenvalue weighted by molar-refractivity contribution is 7.88. The Morgan fingerprint density at radius 3 is 2.57 bits per heavy atom. The van der Waals surface area contributed by atoms with Gasteiger partial charge in [0.1, 0.15) is 0 Å². The Labute approximate surface area is 186 Å². The van der Waals surface area contributed by atoms with Crippen LogP contribution in [0.2, 0.25) is 5.02 Å². The summed E-state index contributed by atoms with van der Waals surface area (Å²) in [5.41, 5.74) is 4.85. The summed E-state index contributed by atoms with van der Waals surface area (Å²) in [5, 5.41) is 0.727. The zero-order valence-electron chi connectivity index (χ0n) is 18.0. The lowest BCUT2D eigenvalue weighted by Gasteiger charge is -2.36. The van der Waals surface area contributed by atoms with Gasteiger partial charge in [-0.05, 0) is 54.0 Å². The van der Waals surface area contributed by atoms with Crippen molar-refractivity contribution in [2.45, 2.75) is 39.0 Å². The topological polar surface area (TPSA) is 49.7 Å². The van der Waals surface area contributed by atoms with Crippen LogP contribution in [0.1, 0.15) is 50.2 Å². The summed E-state index contributed by atoms with van der Waals surface area (Å²) in [4.78, 5) is 4.87. The maximum atomic E-state index is 12.0. The van der Waals surface area contributed by atoms with Gasteiger partial charge in [0, 0.05) is 42.4 Å². The first-order valence-electron chi connectivity index (χ1n) is 10.5. The lowest BCUT2D eigenvalue weighted by molar-refractivity contribution is 0.265. The zero-order valence-corrected chi connectivity index (χ0v) is 19.6. The van der Waals surface area contributed by atoms with Crippen molar-refractivity contribution in [3.8, 4) is 0 Å². The smallest absolute Gasteiger partial charge is 0.211 e. The Kier molecular flexibility index (Phi) is 7.38. The summed E-state index contributed by atoms with van der Waals surface area (Å²) in [6.45, 7) is 9.28. The maximum absolute atomic E-state index is 12.0. The van der Waals surface area contributed by atoms with Crippen LogP contribution in [0.5, 0.6) is 0 Å². The van der Waals surface area contributed by atoms with Crippen LogP contribution in [0.3, 0.4) is 0 Å². The summed E-state index contributed by atoms with van der Waals surface area (Å²) in [6.07, 6.45) is 11.4. The molecule has 30 heavy (non-hydrogen) atoms. The fourth-order valence-corrected chi connectivity index (χ4v) is 5.52. The van der Waals surface area contributed by atoms with Crippen molar-refractivity contribution in [2.24, 2.45) is 16.8 Å². The largest absolute Gasteiger partial charge is 0.265 e. The molecule has 0 bridgehead atoms. The maximum Gasteiger partial charge on any atom is 0.211 e. The highest BCUT2D eigenvalue weighted by Crippen LogP contribution is 2.42. The molecular formula is C24H31ClN2O2S. The number of aliphatic imine (C=N–C) groups is 1. The third-order valence-corrected chi connectivity index (χ3v) is 7.65. The van der Waals surface area contributed by atoms with E-state index in [0.29, 0.717) is 24.9 Å². The average molecular weight is 447 g/mol. The number of halogens is 1. The number of benzene rings is 1. The lowest BCUT2D eigenvalue weighted by atomic mass is 9.76. The molecule has 2 aliphatic rings. The van der Waals surface area contributed by atoms with Crippen LogP contribution in [0, 0.1) is 11.8 Å². The van der Waals surface area contributed by atoms with Crippen molar-refractivity contribution in [3.05, 3.63) is 64.9 Å². The second kappa shape index (κ2) is 9.63. The molecule has 6 heteroatoms. The van der Waals surface area contributed by atoms with Crippen LogP contribution in [0.15, 0.2) is 53.7 Å². The molecule has 0 saturated carbocycles. The van der Waals surface area contributed by atoms with Gasteiger partial charge < -0.3 is 0 Å². The summed E-state index contributed by atoms with van der Waals surface area (Å²) >= 11 is 6.34. The van der Waals surface area contributed by atoms with Gasteiger partial charge in [-0.15, -0.1) is 0 Å². The molecule has 0 spiro atoms. The van der Waals surface area contributed by atoms with Crippen molar-refractivity contribution in [1.29, 1.82) is 0 Å². The van der Waals surface area contributed by atoms with E-state index in [2.05, 4.69) is 32.6 Å². The predicted octanol–water partition coefficient (Wildman–Crippen LogP) is 5.68. The molecule has 0 aromatic heterocycles. The number of allylic oxidation sites excluding steroid dienone is 3. The lowest BCUT2D eigenvalue weighted by Crippen LogP contribution is -2.40. The second-order valence-electron chi connectivity index (χ2n) is 8.50. The number of hydrogen-bond acceptors (Lipinski definition) is 3. The van der Waals surface area contributed by atoms with E-state index in [0.717, 1.165) is 35.6 Å². The molecule has 1 aromatic rings. The highest BCUT2D eigenvalue weighted by Gasteiger charge is 2.35. The van der Waals surface area contributed by atoms with Gasteiger partial charge in [0.25, 0.3) is 0 Å². The van der Waals surface area contributed by atoms with Crippen LogP contribution in [-0.2, 0) is 10.0 Å². The number of piperidine rings is 1. The highest BCUT2D eigenvalue weighted by atomic mass is 35.5. The molecule has 1 saturated heterocycles. The van der Waals surface area contributed by atoms with Crippen molar-refractivity contribution in [2.75, 3.05) is 19.3 Å². The molecule has 0 amide bonds. The Morgan fingerprint density at radius 1 is 1.27 bits per heavy atom. The fourth-order valence-electron chi connectivity index (χ4n) is 4.47. The summed E-state index contributed by atoms with van der Waals surface area (Å²) < 4.78 is 25.5. The van der Waals surface area contributed by atoms with Crippen LogP contribution < -0.4 is 0 Å². The summed E-state index contributed by atoms with van der Waals surface area (Å²) in [5.74, 6) is 0.871. The number of nitrogens with zero attached hydrogens (tertiary/aromatic N) is 2. The van der Waals surface area contributed by atoms with E-state index in [4.69, 9.17) is 16.6 Å². The van der Waals surface area contributed by atoms with Gasteiger partial charge in [0.05, 0.1) is 6.26 Å². The Morgan fingerprint density at radius 2 is 1.97 bits per heavy atom. The van der Waals surface area contributed by atoms with Crippen LogP contribution >= 0.6 is 11.6 Å². The van der Waals surface area contributed by atoms with Gasteiger partial charge >= 0.3 is 0 Å². The van der Waals surface area contributed by atoms with Gasteiger partial charge in [-0.3, -0.25) is 4.99 Å². The molecule has 1 fully saturated rings. The second-order valence-corrected chi connectivity index (χ2v) is 10.9. The third kappa shape index (κ3) is 5.32. The van der Waals surface area contributed by atoms with E-state index >= 15 is 0 Å². The minimum atomic E-state index is -3.15. The molecule has 1 aromatic carbocycles. The van der Waals surface area contributed by atoms with Crippen LogP contribution in [0.4, 0.5) is 0 Å². The van der Waals surface area contributed by atoms with Gasteiger partial charge in [-0.2, -0.15) is 0 Å². The van der Waals surface area contributed by atoms with E-state index < -0.39 is 10.0 Å². The van der Waals surface area contributed by atoms with Crippen LogP contribution in [0.25, 0.3) is 6.08 Å². The first-order chi connectivity index (χ1) is 14.2. The number of sulfonamides is 1. The number of hydrogen-bond donors (Lipinski definition) is 0. The average Bonchev–Trinajstić information content (AvgIpc) is 2.84. The summed E-state index contributed by atoms with van der Waals surface area (Å²) in [7, 11) is -3.15. The molecule has 4 nitrogen and oxygen atoms in total. The predicted molar refractivity (Wildman–Crippen MR) is 128 cm³/mol. The molecule has 1 unspecified atom stereocenters. The molecule has 0 N–H and O–H groups in total. The molecule has 3 rings (SSSR count). The number of fused-ring (bicyclic) bond motifs is 1. The van der Waals surface area contributed by atoms with Crippen molar-refractivity contribution < 1.29 is 8.42 Å². The monoisotopic (exact) mass is 446 g/mol. The molecule has 1 atom stereocenters. The standard InChI is InChI=1S/C24H31ClN2O2S/c1-5-6-11-26-23-16-19(17(2)3)14-20-15-21(25)7-8-22(20)24(23)18-9-12-27(13-10-18)30(4,28)29/h5-8,11,14-15,17-18,24H,1,9-10,12-13,16H2,2-4H3/b11-6-,26-23?. The van der Waals surface area contributed by atoms with Crippen molar-refractivity contribution in [3.63, 3.8) is 0 Å². The fraction of sp³-hybridized carbons (Fsp3) is 0.458. The van der Waals surface area contributed by atoms with Gasteiger partial charge in [0.2, 0.25) is 10.0 Å². The Bertz CT molecular complexity index is 984. The van der Waals surface area contributed by atoms with Crippen LogP contribution in [-0.4, -0.2) is 37.8 Å².